The molecule has 1 fully saturated rings. The third-order valence-corrected chi connectivity index (χ3v) is 7.38. The maximum atomic E-state index is 12.6. The summed E-state index contributed by atoms with van der Waals surface area (Å²) in [7, 11) is -3.55. The first kappa shape index (κ1) is 23.5. The van der Waals surface area contributed by atoms with Crippen LogP contribution in [0, 0.1) is 0 Å². The Balaban J connectivity index is 1.31. The zero-order valence-corrected chi connectivity index (χ0v) is 19.3. The molecule has 4 rings (SSSR count). The van der Waals surface area contributed by atoms with E-state index in [1.54, 1.807) is 6.07 Å². The van der Waals surface area contributed by atoms with Gasteiger partial charge in [0.05, 0.1) is 4.90 Å². The van der Waals surface area contributed by atoms with Crippen LogP contribution in [-0.4, -0.2) is 44.2 Å². The van der Waals surface area contributed by atoms with Gasteiger partial charge < -0.3 is 4.74 Å². The Hall–Kier alpha value is -3.69. The van der Waals surface area contributed by atoms with Crippen molar-refractivity contribution in [2.75, 3.05) is 19.7 Å². The molecule has 0 spiro atoms. The van der Waals surface area contributed by atoms with Crippen LogP contribution in [0.1, 0.15) is 23.2 Å². The number of hydrogen-bond acceptors (Lipinski definition) is 5. The van der Waals surface area contributed by atoms with Crippen LogP contribution in [0.15, 0.2) is 83.8 Å². The minimum absolute atomic E-state index is 0.139. The van der Waals surface area contributed by atoms with Gasteiger partial charge in [0.15, 0.2) is 6.61 Å². The Morgan fingerprint density at radius 1 is 0.824 bits per heavy atom. The van der Waals surface area contributed by atoms with E-state index >= 15 is 0 Å². The number of rotatable bonds is 7. The van der Waals surface area contributed by atoms with Gasteiger partial charge in [0.25, 0.3) is 11.8 Å². The SMILES string of the molecule is O=C(COc1ccccc1-c1ccccc1)NNC(=O)c1ccc(S(=O)(=O)N2CCCC2)cc1. The predicted octanol–water partition coefficient (Wildman–Crippen LogP) is 2.98. The molecule has 0 atom stereocenters. The largest absolute Gasteiger partial charge is 0.483 e. The molecule has 1 aliphatic heterocycles. The summed E-state index contributed by atoms with van der Waals surface area (Å²) in [4.78, 5) is 24.7. The van der Waals surface area contributed by atoms with Crippen LogP contribution in [-0.2, 0) is 14.8 Å². The molecule has 8 nitrogen and oxygen atoms in total. The zero-order chi connectivity index (χ0) is 24.0. The summed E-state index contributed by atoms with van der Waals surface area (Å²) in [5.74, 6) is -0.558. The Morgan fingerprint density at radius 3 is 2.18 bits per heavy atom. The minimum Gasteiger partial charge on any atom is -0.483 e. The first-order valence-corrected chi connectivity index (χ1v) is 12.4. The molecule has 0 aliphatic carbocycles. The second-order valence-corrected chi connectivity index (χ2v) is 9.73. The van der Waals surface area contributed by atoms with E-state index in [2.05, 4.69) is 10.9 Å². The average molecular weight is 480 g/mol. The maximum Gasteiger partial charge on any atom is 0.276 e. The number of amides is 2. The van der Waals surface area contributed by atoms with Gasteiger partial charge in [-0.1, -0.05) is 48.5 Å². The highest BCUT2D eigenvalue weighted by molar-refractivity contribution is 7.89. The number of para-hydroxylation sites is 1. The van der Waals surface area contributed by atoms with Gasteiger partial charge in [-0.3, -0.25) is 20.4 Å². The molecule has 34 heavy (non-hydrogen) atoms. The van der Waals surface area contributed by atoms with Crippen molar-refractivity contribution in [2.24, 2.45) is 0 Å². The van der Waals surface area contributed by atoms with Crippen LogP contribution in [0.5, 0.6) is 5.75 Å². The van der Waals surface area contributed by atoms with Crippen molar-refractivity contribution in [1.82, 2.24) is 15.2 Å². The van der Waals surface area contributed by atoms with Crippen molar-refractivity contribution in [2.45, 2.75) is 17.7 Å². The van der Waals surface area contributed by atoms with Crippen LogP contribution >= 0.6 is 0 Å². The maximum absolute atomic E-state index is 12.6. The van der Waals surface area contributed by atoms with E-state index in [4.69, 9.17) is 4.74 Å². The molecule has 0 bridgehead atoms. The molecule has 176 valence electrons. The lowest BCUT2D eigenvalue weighted by Crippen LogP contribution is -2.43. The highest BCUT2D eigenvalue weighted by atomic mass is 32.2. The molecule has 1 saturated heterocycles. The number of benzene rings is 3. The molecule has 3 aromatic rings. The molecule has 0 saturated carbocycles. The number of nitrogens with zero attached hydrogens (tertiary/aromatic N) is 1. The van der Waals surface area contributed by atoms with Crippen molar-refractivity contribution in [3.63, 3.8) is 0 Å². The number of nitrogens with one attached hydrogen (secondary N) is 2. The van der Waals surface area contributed by atoms with Crippen molar-refractivity contribution >= 4 is 21.8 Å². The summed E-state index contributed by atoms with van der Waals surface area (Å²) in [6.07, 6.45) is 1.70. The second-order valence-electron chi connectivity index (χ2n) is 7.79. The molecule has 0 unspecified atom stereocenters. The van der Waals surface area contributed by atoms with Gasteiger partial charge >= 0.3 is 0 Å². The smallest absolute Gasteiger partial charge is 0.276 e. The summed E-state index contributed by atoms with van der Waals surface area (Å²) in [5, 5.41) is 0. The monoisotopic (exact) mass is 479 g/mol. The first-order chi connectivity index (χ1) is 16.4. The van der Waals surface area contributed by atoms with E-state index in [1.807, 2.05) is 48.5 Å². The summed E-state index contributed by atoms with van der Waals surface area (Å²) >= 11 is 0. The van der Waals surface area contributed by atoms with Crippen LogP contribution < -0.4 is 15.6 Å². The predicted molar refractivity (Wildman–Crippen MR) is 127 cm³/mol. The third kappa shape index (κ3) is 5.44. The Morgan fingerprint density at radius 2 is 1.47 bits per heavy atom. The Bertz CT molecular complexity index is 1260. The van der Waals surface area contributed by atoms with Gasteiger partial charge in [-0.2, -0.15) is 4.31 Å². The summed E-state index contributed by atoms with van der Waals surface area (Å²) in [5.41, 5.74) is 6.66. The molecule has 3 aromatic carbocycles. The van der Waals surface area contributed by atoms with Crippen LogP contribution in [0.3, 0.4) is 0 Å². The molecule has 2 amide bonds. The van der Waals surface area contributed by atoms with Gasteiger partial charge in [-0.15, -0.1) is 0 Å². The molecule has 9 heteroatoms. The van der Waals surface area contributed by atoms with E-state index in [-0.39, 0.29) is 17.1 Å². The molecule has 0 radical (unpaired) electrons. The normalized spacial score (nSPS) is 13.9. The number of hydrazine groups is 1. The van der Waals surface area contributed by atoms with Crippen molar-refractivity contribution in [1.29, 1.82) is 0 Å². The van der Waals surface area contributed by atoms with Crippen LogP contribution in [0.25, 0.3) is 11.1 Å². The highest BCUT2D eigenvalue weighted by Gasteiger charge is 2.27. The van der Waals surface area contributed by atoms with Crippen molar-refractivity contribution in [3.8, 4) is 16.9 Å². The molecule has 0 aromatic heterocycles. The van der Waals surface area contributed by atoms with Gasteiger partial charge in [-0.25, -0.2) is 8.42 Å². The topological polar surface area (TPSA) is 105 Å². The zero-order valence-electron chi connectivity index (χ0n) is 18.4. The molecular formula is C25H25N3O5S. The highest BCUT2D eigenvalue weighted by Crippen LogP contribution is 2.29. The fourth-order valence-corrected chi connectivity index (χ4v) is 5.20. The van der Waals surface area contributed by atoms with E-state index < -0.39 is 21.8 Å². The number of hydrogen-bond donors (Lipinski definition) is 2. The number of carbonyl (C=O) groups is 2. The Labute approximate surface area is 198 Å². The van der Waals surface area contributed by atoms with Crippen molar-refractivity contribution in [3.05, 3.63) is 84.4 Å². The molecule has 1 aliphatic rings. The van der Waals surface area contributed by atoms with E-state index in [0.717, 1.165) is 24.0 Å². The lowest BCUT2D eigenvalue weighted by atomic mass is 10.1. The lowest BCUT2D eigenvalue weighted by molar-refractivity contribution is -0.123. The van der Waals surface area contributed by atoms with Crippen LogP contribution in [0.4, 0.5) is 0 Å². The third-order valence-electron chi connectivity index (χ3n) is 5.47. The van der Waals surface area contributed by atoms with Crippen molar-refractivity contribution < 1.29 is 22.7 Å². The average Bonchev–Trinajstić information content (AvgIpc) is 3.43. The van der Waals surface area contributed by atoms with Gasteiger partial charge in [0.2, 0.25) is 10.0 Å². The lowest BCUT2D eigenvalue weighted by Gasteiger charge is -2.15. The quantitative estimate of drug-likeness (QED) is 0.507. The Kier molecular flexibility index (Phi) is 7.24. The molecule has 2 N–H and O–H groups in total. The van der Waals surface area contributed by atoms with Crippen LogP contribution in [0.2, 0.25) is 0 Å². The summed E-state index contributed by atoms with van der Waals surface area (Å²) < 4.78 is 32.3. The van der Waals surface area contributed by atoms with Gasteiger partial charge in [-0.05, 0) is 48.7 Å². The van der Waals surface area contributed by atoms with E-state index in [9.17, 15) is 18.0 Å². The number of ether oxygens (including phenoxy) is 1. The first-order valence-electron chi connectivity index (χ1n) is 10.9. The molecular weight excluding hydrogens is 454 g/mol. The van der Waals surface area contributed by atoms with Gasteiger partial charge in [0, 0.05) is 24.2 Å². The summed E-state index contributed by atoms with van der Waals surface area (Å²) in [6.45, 7) is 0.722. The number of carbonyl (C=O) groups excluding carboxylic acids is 2. The molecule has 1 heterocycles. The second kappa shape index (κ2) is 10.5. The fourth-order valence-electron chi connectivity index (χ4n) is 3.68. The fraction of sp³-hybridized carbons (Fsp3) is 0.200. The van der Waals surface area contributed by atoms with E-state index in [0.29, 0.717) is 18.8 Å². The standard InChI is InChI=1S/C25H25N3O5S/c29-24(18-33-23-11-5-4-10-22(23)19-8-2-1-3-9-19)26-27-25(30)20-12-14-21(15-13-20)34(31,32)28-16-6-7-17-28/h1-5,8-15H,6-7,16-18H2,(H,26,29)(H,27,30). The number of sulfonamides is 1. The summed E-state index contributed by atoms with van der Waals surface area (Å²) in [6, 6.07) is 22.6. The minimum atomic E-state index is -3.55. The van der Waals surface area contributed by atoms with E-state index in [1.165, 1.54) is 28.6 Å². The van der Waals surface area contributed by atoms with Gasteiger partial charge in [0.1, 0.15) is 5.75 Å².